The zero-order chi connectivity index (χ0) is 16.3. The highest BCUT2D eigenvalue weighted by Gasteiger charge is 2.28. The molecule has 0 spiro atoms. The van der Waals surface area contributed by atoms with Crippen LogP contribution in [-0.4, -0.2) is 40.8 Å². The molecular weight excluding hydrogens is 336 g/mol. The Morgan fingerprint density at radius 3 is 2.57 bits per heavy atom. The quantitative estimate of drug-likeness (QED) is 0.843. The number of hydrogen-bond acceptors (Lipinski definition) is 5. The van der Waals surface area contributed by atoms with E-state index in [9.17, 15) is 8.42 Å². The van der Waals surface area contributed by atoms with Crippen molar-refractivity contribution in [3.63, 3.8) is 0 Å². The number of nitrogens with zero attached hydrogens (tertiary/aromatic N) is 4. The van der Waals surface area contributed by atoms with Crippen molar-refractivity contribution in [1.29, 1.82) is 0 Å². The summed E-state index contributed by atoms with van der Waals surface area (Å²) in [6.07, 6.45) is 4.52. The third-order valence-corrected chi connectivity index (χ3v) is 6.03. The molecule has 0 aliphatic carbocycles. The molecule has 1 aromatic carbocycles. The Hall–Kier alpha value is -1.57. The Bertz CT molecular complexity index is 792. The molecule has 1 aliphatic rings. The standard InChI is InChI=1S/C15H17ClN4O2S/c16-15-18-11-17-14(19-15)10-12-6-2-3-7-13(12)23(21,22)20-8-4-1-5-9-20/h2-3,6-7,11H,1,4-5,8-10H2. The molecule has 1 saturated heterocycles. The van der Waals surface area contributed by atoms with E-state index in [-0.39, 0.29) is 5.28 Å². The van der Waals surface area contributed by atoms with Gasteiger partial charge >= 0.3 is 0 Å². The molecule has 6 nitrogen and oxygen atoms in total. The summed E-state index contributed by atoms with van der Waals surface area (Å²) < 4.78 is 27.4. The van der Waals surface area contributed by atoms with Gasteiger partial charge in [-0.15, -0.1) is 0 Å². The second kappa shape index (κ2) is 6.90. The molecule has 2 aromatic rings. The number of hydrogen-bond donors (Lipinski definition) is 0. The molecule has 8 heteroatoms. The summed E-state index contributed by atoms with van der Waals surface area (Å²) in [5, 5.41) is 0.103. The van der Waals surface area contributed by atoms with E-state index in [4.69, 9.17) is 11.6 Å². The molecule has 0 unspecified atom stereocenters. The van der Waals surface area contributed by atoms with E-state index in [0.717, 1.165) is 19.3 Å². The monoisotopic (exact) mass is 352 g/mol. The summed E-state index contributed by atoms with van der Waals surface area (Å²) in [5.74, 6) is 0.450. The van der Waals surface area contributed by atoms with Gasteiger partial charge in [0.05, 0.1) is 4.90 Å². The second-order valence-electron chi connectivity index (χ2n) is 5.42. The minimum absolute atomic E-state index is 0.103. The van der Waals surface area contributed by atoms with Crippen LogP contribution < -0.4 is 0 Å². The summed E-state index contributed by atoms with van der Waals surface area (Å²) in [6.45, 7) is 1.16. The molecule has 122 valence electrons. The minimum atomic E-state index is -3.49. The Morgan fingerprint density at radius 2 is 1.83 bits per heavy atom. The van der Waals surface area contributed by atoms with Gasteiger partial charge in [-0.25, -0.2) is 23.4 Å². The van der Waals surface area contributed by atoms with Crippen LogP contribution in [0.2, 0.25) is 5.28 Å². The van der Waals surface area contributed by atoms with Gasteiger partial charge in [-0.1, -0.05) is 24.6 Å². The lowest BCUT2D eigenvalue weighted by atomic mass is 10.1. The highest BCUT2D eigenvalue weighted by Crippen LogP contribution is 2.24. The molecule has 1 aliphatic heterocycles. The summed E-state index contributed by atoms with van der Waals surface area (Å²) in [7, 11) is -3.49. The average molecular weight is 353 g/mol. The summed E-state index contributed by atoms with van der Waals surface area (Å²) in [6, 6.07) is 6.98. The Kier molecular flexibility index (Phi) is 4.89. The van der Waals surface area contributed by atoms with Crippen LogP contribution in [0.4, 0.5) is 0 Å². The lowest BCUT2D eigenvalue weighted by molar-refractivity contribution is 0.346. The largest absolute Gasteiger partial charge is 0.243 e. The molecule has 0 saturated carbocycles. The highest BCUT2D eigenvalue weighted by atomic mass is 35.5. The first kappa shape index (κ1) is 16.3. The smallest absolute Gasteiger partial charge is 0.221 e. The number of rotatable bonds is 4. The summed E-state index contributed by atoms with van der Waals surface area (Å²) >= 11 is 5.77. The van der Waals surface area contributed by atoms with Crippen LogP contribution in [0.1, 0.15) is 30.7 Å². The molecule has 0 radical (unpaired) electrons. The van der Waals surface area contributed by atoms with Gasteiger partial charge in [0.25, 0.3) is 0 Å². The Balaban J connectivity index is 1.94. The highest BCUT2D eigenvalue weighted by molar-refractivity contribution is 7.89. The van der Waals surface area contributed by atoms with E-state index in [1.54, 1.807) is 22.5 Å². The fraction of sp³-hybridized carbons (Fsp3) is 0.400. The lowest BCUT2D eigenvalue weighted by Crippen LogP contribution is -2.36. The molecular formula is C15H17ClN4O2S. The van der Waals surface area contributed by atoms with Crippen molar-refractivity contribution in [2.45, 2.75) is 30.6 Å². The predicted molar refractivity (Wildman–Crippen MR) is 86.7 cm³/mol. The molecule has 0 N–H and O–H groups in total. The van der Waals surface area contributed by atoms with Crippen LogP contribution in [0.3, 0.4) is 0 Å². The van der Waals surface area contributed by atoms with Gasteiger partial charge in [0.1, 0.15) is 12.2 Å². The lowest BCUT2D eigenvalue weighted by Gasteiger charge is -2.26. The molecule has 0 atom stereocenters. The van der Waals surface area contributed by atoms with E-state index in [1.807, 2.05) is 6.07 Å². The first-order valence-corrected chi connectivity index (χ1v) is 9.30. The van der Waals surface area contributed by atoms with E-state index in [0.29, 0.717) is 35.8 Å². The van der Waals surface area contributed by atoms with E-state index >= 15 is 0 Å². The van der Waals surface area contributed by atoms with Crippen molar-refractivity contribution in [1.82, 2.24) is 19.3 Å². The maximum Gasteiger partial charge on any atom is 0.243 e. The topological polar surface area (TPSA) is 76.0 Å². The van der Waals surface area contributed by atoms with E-state index < -0.39 is 10.0 Å². The molecule has 23 heavy (non-hydrogen) atoms. The van der Waals surface area contributed by atoms with Gasteiger partial charge < -0.3 is 0 Å². The summed E-state index contributed by atoms with van der Waals surface area (Å²) in [5.41, 5.74) is 0.667. The van der Waals surface area contributed by atoms with E-state index in [2.05, 4.69) is 15.0 Å². The second-order valence-corrected chi connectivity index (χ2v) is 7.66. The van der Waals surface area contributed by atoms with Crippen molar-refractivity contribution in [3.05, 3.63) is 47.3 Å². The van der Waals surface area contributed by atoms with E-state index in [1.165, 1.54) is 6.33 Å². The molecule has 1 fully saturated rings. The Labute approximate surface area is 140 Å². The van der Waals surface area contributed by atoms with Crippen LogP contribution in [0.25, 0.3) is 0 Å². The zero-order valence-electron chi connectivity index (χ0n) is 12.5. The first-order valence-electron chi connectivity index (χ1n) is 7.49. The van der Waals surface area contributed by atoms with Gasteiger partial charge in [0, 0.05) is 19.5 Å². The third kappa shape index (κ3) is 3.68. The maximum atomic E-state index is 12.9. The number of piperidine rings is 1. The molecule has 3 rings (SSSR count). The number of benzene rings is 1. The normalized spacial score (nSPS) is 16.4. The van der Waals surface area contributed by atoms with Gasteiger partial charge in [-0.3, -0.25) is 0 Å². The summed E-state index contributed by atoms with van der Waals surface area (Å²) in [4.78, 5) is 12.2. The molecule has 1 aromatic heterocycles. The Morgan fingerprint density at radius 1 is 1.09 bits per heavy atom. The van der Waals surface area contributed by atoms with Crippen LogP contribution in [-0.2, 0) is 16.4 Å². The predicted octanol–water partition coefficient (Wildman–Crippen LogP) is 2.29. The van der Waals surface area contributed by atoms with Gasteiger partial charge in [0.15, 0.2) is 0 Å². The fourth-order valence-corrected chi connectivity index (χ4v) is 4.59. The van der Waals surface area contributed by atoms with Crippen molar-refractivity contribution in [2.75, 3.05) is 13.1 Å². The number of sulfonamides is 1. The van der Waals surface area contributed by atoms with Crippen molar-refractivity contribution < 1.29 is 8.42 Å². The maximum absolute atomic E-state index is 12.9. The van der Waals surface area contributed by atoms with Crippen molar-refractivity contribution in [3.8, 4) is 0 Å². The number of aromatic nitrogens is 3. The zero-order valence-corrected chi connectivity index (χ0v) is 14.1. The van der Waals surface area contributed by atoms with Crippen LogP contribution in [0.5, 0.6) is 0 Å². The van der Waals surface area contributed by atoms with Gasteiger partial charge in [-0.2, -0.15) is 4.31 Å². The minimum Gasteiger partial charge on any atom is -0.221 e. The molecule has 0 bridgehead atoms. The number of halogens is 1. The fourth-order valence-electron chi connectivity index (χ4n) is 2.71. The molecule has 0 amide bonds. The van der Waals surface area contributed by atoms with Crippen LogP contribution >= 0.6 is 11.6 Å². The van der Waals surface area contributed by atoms with Gasteiger partial charge in [0.2, 0.25) is 15.3 Å². The van der Waals surface area contributed by atoms with Crippen molar-refractivity contribution >= 4 is 21.6 Å². The first-order chi connectivity index (χ1) is 11.1. The van der Waals surface area contributed by atoms with Gasteiger partial charge in [-0.05, 0) is 36.1 Å². The van der Waals surface area contributed by atoms with Crippen molar-refractivity contribution in [2.24, 2.45) is 0 Å². The SMILES string of the molecule is O=S(=O)(c1ccccc1Cc1ncnc(Cl)n1)N1CCCCC1. The third-order valence-electron chi connectivity index (χ3n) is 3.85. The van der Waals surface area contributed by atoms with Crippen LogP contribution in [0, 0.1) is 0 Å². The average Bonchev–Trinajstić information content (AvgIpc) is 2.56. The van der Waals surface area contributed by atoms with Crippen LogP contribution in [0.15, 0.2) is 35.5 Å². The molecule has 2 heterocycles.